The minimum atomic E-state index is -0.220. The van der Waals surface area contributed by atoms with E-state index in [4.69, 9.17) is 4.98 Å². The Hall–Kier alpha value is -2.54. The normalized spacial score (nSPS) is 24.7. The molecule has 3 aliphatic rings. The Morgan fingerprint density at radius 1 is 1.03 bits per heavy atom. The van der Waals surface area contributed by atoms with Gasteiger partial charge in [-0.25, -0.2) is 4.98 Å². The number of hydrogen-bond donors (Lipinski definition) is 0. The molecule has 5 rings (SSSR count). The van der Waals surface area contributed by atoms with Crippen LogP contribution < -0.4 is 0 Å². The van der Waals surface area contributed by atoms with Gasteiger partial charge < -0.3 is 4.90 Å². The third kappa shape index (κ3) is 3.45. The Balaban J connectivity index is 1.15. The molecule has 0 spiro atoms. The molecule has 2 atom stereocenters. The van der Waals surface area contributed by atoms with E-state index in [-0.39, 0.29) is 42.5 Å². The van der Waals surface area contributed by atoms with Gasteiger partial charge in [0.15, 0.2) is 0 Å². The van der Waals surface area contributed by atoms with E-state index < -0.39 is 0 Å². The average Bonchev–Trinajstić information content (AvgIpc) is 3.32. The van der Waals surface area contributed by atoms with E-state index in [0.29, 0.717) is 31.8 Å². The molecule has 1 aromatic heterocycles. The highest BCUT2D eigenvalue weighted by Gasteiger charge is 2.47. The van der Waals surface area contributed by atoms with Gasteiger partial charge in [-0.2, -0.15) is 0 Å². The zero-order valence-corrected chi connectivity index (χ0v) is 17.6. The molecular weight excluding hydrogens is 398 g/mol. The zero-order valence-electron chi connectivity index (χ0n) is 16.8. The first kappa shape index (κ1) is 19.4. The largest absolute Gasteiger partial charge is 0.343 e. The Labute approximate surface area is 179 Å². The molecule has 2 fully saturated rings. The van der Waals surface area contributed by atoms with Gasteiger partial charge in [-0.15, -0.1) is 11.3 Å². The summed E-state index contributed by atoms with van der Waals surface area (Å²) in [4.78, 5) is 45.8. The van der Waals surface area contributed by atoms with Gasteiger partial charge in [0.05, 0.1) is 27.1 Å². The molecule has 2 aliphatic heterocycles. The first-order valence-corrected chi connectivity index (χ1v) is 11.6. The van der Waals surface area contributed by atoms with Gasteiger partial charge in [0.25, 0.3) is 0 Å². The smallest absolute Gasteiger partial charge is 0.233 e. The van der Waals surface area contributed by atoms with E-state index in [2.05, 4.69) is 6.07 Å². The lowest BCUT2D eigenvalue weighted by molar-refractivity contribution is -0.141. The van der Waals surface area contributed by atoms with Crippen LogP contribution >= 0.6 is 11.3 Å². The molecule has 0 saturated carbocycles. The summed E-state index contributed by atoms with van der Waals surface area (Å²) in [5.41, 5.74) is 1.05. The number of rotatable bonds is 4. The van der Waals surface area contributed by atoms with Gasteiger partial charge >= 0.3 is 0 Å². The zero-order chi connectivity index (χ0) is 20.7. The summed E-state index contributed by atoms with van der Waals surface area (Å²) in [7, 11) is 0. The number of hydrogen-bond acceptors (Lipinski definition) is 5. The van der Waals surface area contributed by atoms with E-state index >= 15 is 0 Å². The molecule has 1 aromatic carbocycles. The van der Waals surface area contributed by atoms with Crippen molar-refractivity contribution in [3.8, 4) is 0 Å². The highest BCUT2D eigenvalue weighted by Crippen LogP contribution is 2.36. The van der Waals surface area contributed by atoms with Crippen LogP contribution in [0, 0.1) is 11.8 Å². The Kier molecular flexibility index (Phi) is 5.15. The second-order valence-corrected chi connectivity index (χ2v) is 9.47. The summed E-state index contributed by atoms with van der Waals surface area (Å²) in [6.07, 6.45) is 7.27. The molecule has 2 aromatic rings. The fourth-order valence-electron chi connectivity index (χ4n) is 4.90. The van der Waals surface area contributed by atoms with Crippen molar-refractivity contribution < 1.29 is 14.4 Å². The number of piperidine rings is 1. The average molecular weight is 424 g/mol. The van der Waals surface area contributed by atoms with Crippen LogP contribution in [0.3, 0.4) is 0 Å². The predicted octanol–water partition coefficient (Wildman–Crippen LogP) is 3.34. The molecule has 6 nitrogen and oxygen atoms in total. The molecule has 3 heterocycles. The molecule has 0 bridgehead atoms. The van der Waals surface area contributed by atoms with Crippen LogP contribution in [-0.2, 0) is 14.4 Å². The van der Waals surface area contributed by atoms with E-state index in [1.807, 2.05) is 35.3 Å². The molecule has 156 valence electrons. The number of allylic oxidation sites excluding steroid dienone is 2. The Morgan fingerprint density at radius 2 is 1.70 bits per heavy atom. The van der Waals surface area contributed by atoms with Gasteiger partial charge in [-0.3, -0.25) is 19.3 Å². The number of likely N-dealkylation sites (tertiary alicyclic amines) is 2. The summed E-state index contributed by atoms with van der Waals surface area (Å²) >= 11 is 1.75. The maximum atomic E-state index is 12.7. The number of amides is 3. The standard InChI is InChI=1S/C23H25N3O3S/c27-20(11-14-26-22(28)16-5-1-2-6-17(16)23(26)29)25-12-9-15(10-13-25)21-24-18-7-3-4-8-19(18)30-21/h1-4,7-8,15-17H,5-6,9-14H2/t16-,17-/m1/s1. The van der Waals surface area contributed by atoms with Crippen molar-refractivity contribution in [2.45, 2.75) is 38.0 Å². The van der Waals surface area contributed by atoms with Crippen LogP contribution in [-0.4, -0.2) is 52.1 Å². The van der Waals surface area contributed by atoms with E-state index in [1.165, 1.54) is 9.60 Å². The van der Waals surface area contributed by atoms with Crippen molar-refractivity contribution in [2.24, 2.45) is 11.8 Å². The summed E-state index contributed by atoms with van der Waals surface area (Å²) in [5.74, 6) is -0.215. The topological polar surface area (TPSA) is 70.6 Å². The van der Waals surface area contributed by atoms with Crippen LogP contribution in [0.15, 0.2) is 36.4 Å². The number of imide groups is 1. The van der Waals surface area contributed by atoms with Gasteiger partial charge in [-0.1, -0.05) is 24.3 Å². The quantitative estimate of drug-likeness (QED) is 0.559. The summed E-state index contributed by atoms with van der Waals surface area (Å²) < 4.78 is 1.21. The molecule has 0 N–H and O–H groups in total. The molecule has 0 radical (unpaired) electrons. The lowest BCUT2D eigenvalue weighted by Gasteiger charge is -2.31. The summed E-state index contributed by atoms with van der Waals surface area (Å²) in [6, 6.07) is 8.19. The third-order valence-corrected chi connectivity index (χ3v) is 7.85. The number of carbonyl (C=O) groups is 3. The van der Waals surface area contributed by atoms with Crippen molar-refractivity contribution in [2.75, 3.05) is 19.6 Å². The van der Waals surface area contributed by atoms with Crippen LogP contribution in [0.1, 0.15) is 43.0 Å². The van der Waals surface area contributed by atoms with Crippen molar-refractivity contribution in [1.82, 2.24) is 14.8 Å². The lowest BCUT2D eigenvalue weighted by atomic mass is 9.85. The lowest BCUT2D eigenvalue weighted by Crippen LogP contribution is -2.40. The third-order valence-electron chi connectivity index (χ3n) is 6.66. The van der Waals surface area contributed by atoms with Crippen LogP contribution in [0.2, 0.25) is 0 Å². The molecule has 1 aliphatic carbocycles. The van der Waals surface area contributed by atoms with Crippen molar-refractivity contribution in [3.63, 3.8) is 0 Å². The number of para-hydroxylation sites is 1. The minimum absolute atomic E-state index is 0.0337. The number of thiazole rings is 1. The minimum Gasteiger partial charge on any atom is -0.343 e. The maximum absolute atomic E-state index is 12.7. The van der Waals surface area contributed by atoms with Crippen molar-refractivity contribution in [1.29, 1.82) is 0 Å². The maximum Gasteiger partial charge on any atom is 0.233 e. The number of aromatic nitrogens is 1. The first-order chi connectivity index (χ1) is 14.6. The predicted molar refractivity (Wildman–Crippen MR) is 115 cm³/mol. The number of nitrogens with zero attached hydrogens (tertiary/aromatic N) is 3. The highest BCUT2D eigenvalue weighted by molar-refractivity contribution is 7.18. The van der Waals surface area contributed by atoms with Gasteiger partial charge in [0.1, 0.15) is 0 Å². The van der Waals surface area contributed by atoms with Crippen molar-refractivity contribution >= 4 is 39.3 Å². The first-order valence-electron chi connectivity index (χ1n) is 10.8. The molecule has 2 saturated heterocycles. The van der Waals surface area contributed by atoms with Crippen LogP contribution in [0.25, 0.3) is 10.2 Å². The van der Waals surface area contributed by atoms with Gasteiger partial charge in [0, 0.05) is 32.0 Å². The monoisotopic (exact) mass is 423 g/mol. The number of carbonyl (C=O) groups excluding carboxylic acids is 3. The van der Waals surface area contributed by atoms with Crippen LogP contribution in [0.5, 0.6) is 0 Å². The fraction of sp³-hybridized carbons (Fsp3) is 0.478. The number of fused-ring (bicyclic) bond motifs is 2. The molecular formula is C23H25N3O3S. The Morgan fingerprint density at radius 3 is 2.37 bits per heavy atom. The molecule has 30 heavy (non-hydrogen) atoms. The number of benzene rings is 1. The fourth-order valence-corrected chi connectivity index (χ4v) is 6.03. The second-order valence-electron chi connectivity index (χ2n) is 8.41. The molecule has 7 heteroatoms. The van der Waals surface area contributed by atoms with Crippen LogP contribution in [0.4, 0.5) is 0 Å². The van der Waals surface area contributed by atoms with Gasteiger partial charge in [-0.05, 0) is 37.8 Å². The molecule has 3 amide bonds. The molecule has 0 unspecified atom stereocenters. The van der Waals surface area contributed by atoms with Gasteiger partial charge in [0.2, 0.25) is 17.7 Å². The second kappa shape index (κ2) is 7.95. The van der Waals surface area contributed by atoms with E-state index in [0.717, 1.165) is 23.4 Å². The highest BCUT2D eigenvalue weighted by atomic mass is 32.1. The Bertz CT molecular complexity index is 963. The summed E-state index contributed by atoms with van der Waals surface area (Å²) in [6.45, 7) is 1.62. The van der Waals surface area contributed by atoms with E-state index in [9.17, 15) is 14.4 Å². The SMILES string of the molecule is O=C(CCN1C(=O)[C@@H]2CC=CC[C@H]2C1=O)N1CCC(c2nc3ccccc3s2)CC1. The van der Waals surface area contributed by atoms with Crippen molar-refractivity contribution in [3.05, 3.63) is 41.4 Å². The summed E-state index contributed by atoms with van der Waals surface area (Å²) in [5, 5.41) is 1.16. The van der Waals surface area contributed by atoms with E-state index in [1.54, 1.807) is 11.3 Å².